The number of carbonyl (C=O) groups excluding carboxylic acids is 3. The van der Waals surface area contributed by atoms with E-state index in [9.17, 15) is 23.2 Å². The van der Waals surface area contributed by atoms with Crippen molar-refractivity contribution in [2.24, 2.45) is 88.8 Å². The Balaban J connectivity index is 0.000000123. The molecular weight excluding hydrogens is 1110 g/mol. The molecule has 15 rings (SSSR count). The fourth-order valence-electron chi connectivity index (χ4n) is 18.5. The van der Waals surface area contributed by atoms with Crippen LogP contribution in [0.3, 0.4) is 0 Å². The molecule has 2 saturated heterocycles. The van der Waals surface area contributed by atoms with Gasteiger partial charge in [0.15, 0.2) is 0 Å². The maximum absolute atomic E-state index is 13.5. The van der Waals surface area contributed by atoms with Gasteiger partial charge in [0.25, 0.3) is 0 Å². The maximum atomic E-state index is 13.5. The van der Waals surface area contributed by atoms with Crippen molar-refractivity contribution in [2.45, 2.75) is 142 Å². The van der Waals surface area contributed by atoms with Gasteiger partial charge in [-0.05, 0) is 188 Å². The van der Waals surface area contributed by atoms with Gasteiger partial charge in [-0.15, -0.1) is 0 Å². The summed E-state index contributed by atoms with van der Waals surface area (Å²) in [5.74, 6) is 7.21. The van der Waals surface area contributed by atoms with E-state index in [1.165, 1.54) is 119 Å². The van der Waals surface area contributed by atoms with Crippen LogP contribution in [0, 0.1) is 107 Å². The Bertz CT molecular complexity index is 3540. The predicted molar refractivity (Wildman–Crippen MR) is 348 cm³/mol. The van der Waals surface area contributed by atoms with Gasteiger partial charge in [-0.25, -0.2) is 8.78 Å². The maximum Gasteiger partial charge on any atom is 0.309 e. The van der Waals surface area contributed by atoms with Crippen LogP contribution < -0.4 is 0 Å². The van der Waals surface area contributed by atoms with Gasteiger partial charge >= 0.3 is 11.9 Å². The van der Waals surface area contributed by atoms with E-state index in [1.54, 1.807) is 18.2 Å². The second-order valence-electron chi connectivity index (χ2n) is 28.0. The minimum Gasteiger partial charge on any atom is -0.462 e. The highest BCUT2D eigenvalue weighted by Gasteiger charge is 2.55. The normalized spacial score (nSPS) is 32.7. The van der Waals surface area contributed by atoms with Crippen LogP contribution in [0.2, 0.25) is 0 Å². The molecule has 6 aromatic rings. The Labute approximate surface area is 525 Å². The van der Waals surface area contributed by atoms with Gasteiger partial charge in [-0.2, -0.15) is 0 Å². The lowest BCUT2D eigenvalue weighted by molar-refractivity contribution is -0.146. The summed E-state index contributed by atoms with van der Waals surface area (Å²) in [4.78, 5) is 50.7. The van der Waals surface area contributed by atoms with E-state index in [-0.39, 0.29) is 53.5 Å². The zero-order valence-electron chi connectivity index (χ0n) is 52.1. The fraction of sp³-hybridized carbons (Fsp3) is 0.468. The average Bonchev–Trinajstić information content (AvgIpc) is 2.15. The van der Waals surface area contributed by atoms with Crippen molar-refractivity contribution in [3.8, 4) is 33.4 Å². The molecule has 9 fully saturated rings. The highest BCUT2D eigenvalue weighted by molar-refractivity contribution is 5.81. The highest BCUT2D eigenvalue weighted by Crippen LogP contribution is 2.56. The lowest BCUT2D eigenvalue weighted by Gasteiger charge is -2.46. The zero-order chi connectivity index (χ0) is 61.1. The number of benzene rings is 3. The van der Waals surface area contributed by atoms with Crippen LogP contribution in [0.5, 0.6) is 0 Å². The Morgan fingerprint density at radius 1 is 0.427 bits per heavy atom. The van der Waals surface area contributed by atoms with Gasteiger partial charge in [-0.3, -0.25) is 29.3 Å². The molecule has 17 atom stereocenters. The Morgan fingerprint density at radius 3 is 1.35 bits per heavy atom. The molecule has 0 radical (unpaired) electrons. The third kappa shape index (κ3) is 13.5. The van der Waals surface area contributed by atoms with Crippen LogP contribution in [0.15, 0.2) is 146 Å². The first-order valence-electron chi connectivity index (χ1n) is 33.8. The third-order valence-electron chi connectivity index (χ3n) is 22.8. The topological polar surface area (TPSA) is 108 Å². The Morgan fingerprint density at radius 2 is 0.865 bits per heavy atom. The molecule has 0 N–H and O–H groups in total. The molecule has 2 aliphatic heterocycles. The molecule has 8 nitrogen and oxygen atoms in total. The highest BCUT2D eigenvalue weighted by atomic mass is 19.1. The van der Waals surface area contributed by atoms with E-state index in [4.69, 9.17) is 14.5 Å². The van der Waals surface area contributed by atoms with Crippen molar-refractivity contribution in [3.63, 3.8) is 0 Å². The molecule has 89 heavy (non-hydrogen) atoms. The number of hydrogen-bond acceptors (Lipinski definition) is 8. The summed E-state index contributed by atoms with van der Waals surface area (Å²) in [7, 11) is 0. The Hall–Kier alpha value is -7.20. The van der Waals surface area contributed by atoms with E-state index >= 15 is 0 Å². The van der Waals surface area contributed by atoms with Crippen LogP contribution in [0.1, 0.15) is 146 Å². The van der Waals surface area contributed by atoms with Crippen molar-refractivity contribution in [3.05, 3.63) is 180 Å². The molecule has 0 spiro atoms. The summed E-state index contributed by atoms with van der Waals surface area (Å²) in [6.07, 6.45) is 39.9. The molecule has 5 heterocycles. The first-order valence-corrected chi connectivity index (χ1v) is 33.8. The predicted octanol–water partition coefficient (Wildman–Crippen LogP) is 18.3. The van der Waals surface area contributed by atoms with E-state index in [2.05, 4.69) is 96.7 Å². The monoisotopic (exact) mass is 1200 g/mol. The number of esters is 2. The minimum absolute atomic E-state index is 0.00248. The number of allylic oxidation sites excluding steroid dienone is 3. The number of rotatable bonds is 9. The van der Waals surface area contributed by atoms with Gasteiger partial charge in [0.1, 0.15) is 29.6 Å². The fourth-order valence-corrected chi connectivity index (χ4v) is 18.5. The summed E-state index contributed by atoms with van der Waals surface area (Å²) in [6, 6.07) is 33.9. The third-order valence-corrected chi connectivity index (χ3v) is 22.8. The van der Waals surface area contributed by atoms with Crippen molar-refractivity contribution < 1.29 is 32.6 Å². The number of carbonyl (C=O) groups is 3. The summed E-state index contributed by atoms with van der Waals surface area (Å²) in [5, 5.41) is 0. The van der Waals surface area contributed by atoms with Gasteiger partial charge in [-0.1, -0.05) is 162 Å². The van der Waals surface area contributed by atoms with Gasteiger partial charge in [0.2, 0.25) is 0 Å². The molecule has 10 heteroatoms. The number of aromatic nitrogens is 3. The summed E-state index contributed by atoms with van der Waals surface area (Å²) >= 11 is 0. The van der Waals surface area contributed by atoms with Crippen molar-refractivity contribution in [1.29, 1.82) is 0 Å². The molecule has 7 saturated carbocycles. The first kappa shape index (κ1) is 60.7. The lowest BCUT2D eigenvalue weighted by Crippen LogP contribution is -2.43. The second kappa shape index (κ2) is 27.1. The zero-order valence-corrected chi connectivity index (χ0v) is 52.1. The molecule has 0 unspecified atom stereocenters. The number of nitrogens with zero attached hydrogens (tertiary/aromatic N) is 3. The molecular formula is C79H87F2N3O5. The van der Waals surface area contributed by atoms with Crippen molar-refractivity contribution in [1.82, 2.24) is 15.0 Å². The van der Waals surface area contributed by atoms with Crippen LogP contribution in [0.25, 0.3) is 51.6 Å². The van der Waals surface area contributed by atoms with E-state index < -0.39 is 0 Å². The van der Waals surface area contributed by atoms with Crippen LogP contribution >= 0.6 is 0 Å². The standard InChI is InChI=1S/C27H31NO2.C26H28FNO2.C26H28FNO/c1-17-6-5-8-19(14-17)21-10-11-22(28-16-21)12-13-24-23-9-4-3-7-20(23)15-25-26(24)18(2)27(29)30-25;1-16-25-23(22-5-3-2-4-18(22)14-24(25)30-26(16)29)13-12-21-11-8-19(15-28-21)17-6-9-20(27)10-7-17;27-21-6-3-5-17(13-21)19-8-9-22(28-16-19)10-11-25-24-7-2-1-4-18(24)12-20-14-23(29)15-26(20)25/h5-6,8,10-14,16,18,20,23-26H,3-4,7,9,15H2,1-2H3;6-13,15-16,18,22-25H,2-5,14H2,1H3;3,5-6,8-11,13,16,18,20,24-26H,1-2,4,7,12,14-15H2/b2*13-12+;11-10+/t18-,20-,23+,24-,25-,26+;16-,18-,22+,23-,24-,25+;18-,20+,24+,25-,26-/m000/s1. The number of fused-ring (bicyclic) bond motifs is 6. The SMILES string of the molecule is C[C@@H]1C(=O)O[C@H]2C[C@@H]3CCCC[C@H]3[C@H](/C=C/c3ccc(-c4ccc(F)cc4)cn3)[C@H]21.Cc1cccc(-c2ccc(/C=C/[C@H]3[C@@H]4CCCC[C@H]4C[C@@H]4OC(=O)[C@@H](C)[C@H]34)nc2)c1.O=C1C[C@H]2C[C@@H]3CCCC[C@H]3[C@H](/C=C/c3ccc(-c4cccc(F)c4)cn3)[C@H]2C1. The largest absolute Gasteiger partial charge is 0.462 e. The first-order chi connectivity index (χ1) is 43.4. The van der Waals surface area contributed by atoms with Gasteiger partial charge < -0.3 is 9.47 Å². The van der Waals surface area contributed by atoms with Crippen LogP contribution in [-0.2, 0) is 23.9 Å². The molecule has 0 amide bonds. The number of Topliss-reactive ketones (excluding diaryl/α,β-unsaturated/α-hetero) is 1. The lowest BCUT2D eigenvalue weighted by atomic mass is 9.58. The average molecular weight is 1200 g/mol. The van der Waals surface area contributed by atoms with Crippen molar-refractivity contribution >= 4 is 35.9 Å². The van der Waals surface area contributed by atoms with Gasteiger partial charge in [0, 0.05) is 60.0 Å². The van der Waals surface area contributed by atoms with Crippen LogP contribution in [0.4, 0.5) is 8.78 Å². The van der Waals surface area contributed by atoms with Crippen molar-refractivity contribution in [2.75, 3.05) is 0 Å². The second-order valence-corrected chi connectivity index (χ2v) is 28.0. The number of ketones is 1. The molecule has 0 bridgehead atoms. The van der Waals surface area contributed by atoms with E-state index in [1.807, 2.05) is 55.8 Å². The summed E-state index contributed by atoms with van der Waals surface area (Å²) in [5.41, 5.74) is 10.1. The summed E-state index contributed by atoms with van der Waals surface area (Å²) < 4.78 is 38.2. The number of hydrogen-bond donors (Lipinski definition) is 0. The molecule has 3 aromatic carbocycles. The smallest absolute Gasteiger partial charge is 0.309 e. The van der Waals surface area contributed by atoms with E-state index in [0.29, 0.717) is 65.0 Å². The minimum atomic E-state index is -0.235. The molecule has 462 valence electrons. The van der Waals surface area contributed by atoms with Crippen LogP contribution in [-0.4, -0.2) is 44.9 Å². The number of halogens is 2. The molecule has 7 aliphatic carbocycles. The Kier molecular flexibility index (Phi) is 18.5. The molecule has 9 aliphatic rings. The van der Waals surface area contributed by atoms with Gasteiger partial charge in [0.05, 0.1) is 28.9 Å². The number of ether oxygens (including phenoxy) is 2. The number of pyridine rings is 3. The molecule has 3 aromatic heterocycles. The summed E-state index contributed by atoms with van der Waals surface area (Å²) in [6.45, 7) is 6.21. The number of aryl methyl sites for hydroxylation is 1. The quantitative estimate of drug-likeness (QED) is 0.132. The van der Waals surface area contributed by atoms with E-state index in [0.717, 1.165) is 82.4 Å².